The van der Waals surface area contributed by atoms with Crippen LogP contribution in [0.25, 0.3) is 0 Å². The van der Waals surface area contributed by atoms with E-state index in [9.17, 15) is 4.79 Å². The van der Waals surface area contributed by atoms with Gasteiger partial charge in [0.1, 0.15) is 12.1 Å². The molecule has 0 bridgehead atoms. The lowest BCUT2D eigenvalue weighted by Crippen LogP contribution is -2.40. The van der Waals surface area contributed by atoms with Gasteiger partial charge in [0.15, 0.2) is 0 Å². The second-order valence-electron chi connectivity index (χ2n) is 5.23. The number of nitrogens with two attached hydrogens (primary N) is 1. The summed E-state index contributed by atoms with van der Waals surface area (Å²) in [5.41, 5.74) is 5.84. The van der Waals surface area contributed by atoms with Gasteiger partial charge in [-0.3, -0.25) is 4.79 Å². The SMILES string of the molecule is CCC(C)[C@H](N)C(=O)OC1CCC(C)CC1. The van der Waals surface area contributed by atoms with Crippen LogP contribution >= 0.6 is 0 Å². The number of hydrogen-bond acceptors (Lipinski definition) is 3. The van der Waals surface area contributed by atoms with Gasteiger partial charge < -0.3 is 10.5 Å². The van der Waals surface area contributed by atoms with E-state index in [1.165, 1.54) is 0 Å². The minimum Gasteiger partial charge on any atom is -0.461 e. The molecule has 1 aliphatic carbocycles. The van der Waals surface area contributed by atoms with Gasteiger partial charge in [-0.1, -0.05) is 27.2 Å². The lowest BCUT2D eigenvalue weighted by Gasteiger charge is -2.27. The molecule has 0 aromatic heterocycles. The standard InChI is InChI=1S/C13H25NO2/c1-4-10(3)12(14)13(15)16-11-7-5-9(2)6-8-11/h9-12H,4-8,14H2,1-3H3/t9?,10?,11?,12-/m0/s1. The molecule has 1 unspecified atom stereocenters. The minimum atomic E-state index is -0.454. The first kappa shape index (κ1) is 13.5. The summed E-state index contributed by atoms with van der Waals surface area (Å²) < 4.78 is 5.46. The molecule has 2 atom stereocenters. The molecule has 94 valence electrons. The van der Waals surface area contributed by atoms with Gasteiger partial charge in [-0.15, -0.1) is 0 Å². The van der Waals surface area contributed by atoms with E-state index in [2.05, 4.69) is 6.92 Å². The highest BCUT2D eigenvalue weighted by Gasteiger charge is 2.26. The van der Waals surface area contributed by atoms with Crippen molar-refractivity contribution < 1.29 is 9.53 Å². The third-order valence-electron chi connectivity index (χ3n) is 3.77. The van der Waals surface area contributed by atoms with Crippen molar-refractivity contribution in [2.24, 2.45) is 17.6 Å². The van der Waals surface area contributed by atoms with Crippen LogP contribution in [0, 0.1) is 11.8 Å². The maximum Gasteiger partial charge on any atom is 0.323 e. The van der Waals surface area contributed by atoms with E-state index >= 15 is 0 Å². The average Bonchev–Trinajstić information content (AvgIpc) is 2.30. The van der Waals surface area contributed by atoms with Gasteiger partial charge in [0, 0.05) is 0 Å². The highest BCUT2D eigenvalue weighted by molar-refractivity contribution is 5.76. The zero-order valence-electron chi connectivity index (χ0n) is 10.7. The monoisotopic (exact) mass is 227 g/mol. The smallest absolute Gasteiger partial charge is 0.323 e. The molecular weight excluding hydrogens is 202 g/mol. The predicted molar refractivity (Wildman–Crippen MR) is 64.9 cm³/mol. The molecule has 0 aromatic carbocycles. The second-order valence-corrected chi connectivity index (χ2v) is 5.23. The molecule has 1 aliphatic rings. The fraction of sp³-hybridized carbons (Fsp3) is 0.923. The van der Waals surface area contributed by atoms with Crippen LogP contribution in [0.5, 0.6) is 0 Å². The van der Waals surface area contributed by atoms with Crippen molar-refractivity contribution in [3.63, 3.8) is 0 Å². The first-order chi connectivity index (χ1) is 7.54. The molecule has 0 heterocycles. The van der Waals surface area contributed by atoms with Gasteiger partial charge in [0.2, 0.25) is 0 Å². The van der Waals surface area contributed by atoms with Gasteiger partial charge in [0.25, 0.3) is 0 Å². The fourth-order valence-electron chi connectivity index (χ4n) is 2.08. The van der Waals surface area contributed by atoms with Gasteiger partial charge in [0.05, 0.1) is 0 Å². The molecular formula is C13H25NO2. The molecule has 1 saturated carbocycles. The maximum absolute atomic E-state index is 11.7. The summed E-state index contributed by atoms with van der Waals surface area (Å²) in [6, 6.07) is -0.454. The summed E-state index contributed by atoms with van der Waals surface area (Å²) in [5.74, 6) is 0.766. The van der Waals surface area contributed by atoms with Gasteiger partial charge in [-0.05, 0) is 37.5 Å². The summed E-state index contributed by atoms with van der Waals surface area (Å²) >= 11 is 0. The summed E-state index contributed by atoms with van der Waals surface area (Å²) in [6.45, 7) is 6.29. The fourth-order valence-corrected chi connectivity index (χ4v) is 2.08. The number of ether oxygens (including phenoxy) is 1. The Labute approximate surface area is 98.7 Å². The van der Waals surface area contributed by atoms with Crippen LogP contribution in [0.1, 0.15) is 52.9 Å². The van der Waals surface area contributed by atoms with Crippen molar-refractivity contribution >= 4 is 5.97 Å². The van der Waals surface area contributed by atoms with Gasteiger partial charge in [-0.2, -0.15) is 0 Å². The molecule has 0 aromatic rings. The third kappa shape index (κ3) is 3.78. The molecule has 3 heteroatoms. The van der Waals surface area contributed by atoms with Crippen LogP contribution in [0.4, 0.5) is 0 Å². The lowest BCUT2D eigenvalue weighted by atomic mass is 9.89. The second kappa shape index (κ2) is 6.24. The quantitative estimate of drug-likeness (QED) is 0.751. The normalized spacial score (nSPS) is 29.5. The minimum absolute atomic E-state index is 0.110. The van der Waals surface area contributed by atoms with E-state index in [0.717, 1.165) is 38.0 Å². The molecule has 0 radical (unpaired) electrons. The Morgan fingerprint density at radius 1 is 1.38 bits per heavy atom. The summed E-state index contributed by atoms with van der Waals surface area (Å²) in [6.07, 6.45) is 5.35. The predicted octanol–water partition coefficient (Wildman–Crippen LogP) is 2.48. The van der Waals surface area contributed by atoms with Crippen molar-refractivity contribution in [2.45, 2.75) is 65.0 Å². The lowest BCUT2D eigenvalue weighted by molar-refractivity contribution is -0.153. The van der Waals surface area contributed by atoms with Crippen molar-refractivity contribution in [1.82, 2.24) is 0 Å². The summed E-state index contributed by atoms with van der Waals surface area (Å²) in [5, 5.41) is 0. The van der Waals surface area contributed by atoms with Crippen LogP contribution in [0.3, 0.4) is 0 Å². The van der Waals surface area contributed by atoms with Crippen LogP contribution in [0.2, 0.25) is 0 Å². The Morgan fingerprint density at radius 3 is 2.44 bits per heavy atom. The molecule has 1 fully saturated rings. The molecule has 2 N–H and O–H groups in total. The van der Waals surface area contributed by atoms with Crippen molar-refractivity contribution in [1.29, 1.82) is 0 Å². The van der Waals surface area contributed by atoms with E-state index in [-0.39, 0.29) is 18.0 Å². The summed E-state index contributed by atoms with van der Waals surface area (Å²) in [4.78, 5) is 11.7. The highest BCUT2D eigenvalue weighted by Crippen LogP contribution is 2.26. The number of carbonyl (C=O) groups excluding carboxylic acids is 1. The topological polar surface area (TPSA) is 52.3 Å². The van der Waals surface area contributed by atoms with Crippen molar-refractivity contribution in [2.75, 3.05) is 0 Å². The Hall–Kier alpha value is -0.570. The number of carbonyl (C=O) groups is 1. The van der Waals surface area contributed by atoms with Crippen molar-refractivity contribution in [3.8, 4) is 0 Å². The van der Waals surface area contributed by atoms with Crippen LogP contribution in [-0.2, 0) is 9.53 Å². The van der Waals surface area contributed by atoms with Crippen LogP contribution < -0.4 is 5.73 Å². The van der Waals surface area contributed by atoms with Crippen LogP contribution in [-0.4, -0.2) is 18.1 Å². The zero-order chi connectivity index (χ0) is 12.1. The largest absolute Gasteiger partial charge is 0.461 e. The number of rotatable bonds is 4. The molecule has 16 heavy (non-hydrogen) atoms. The molecule has 0 saturated heterocycles. The maximum atomic E-state index is 11.7. The van der Waals surface area contributed by atoms with Crippen molar-refractivity contribution in [3.05, 3.63) is 0 Å². The van der Waals surface area contributed by atoms with E-state index in [0.29, 0.717) is 0 Å². The van der Waals surface area contributed by atoms with E-state index in [1.54, 1.807) is 0 Å². The number of hydrogen-bond donors (Lipinski definition) is 1. The first-order valence-corrected chi connectivity index (χ1v) is 6.50. The third-order valence-corrected chi connectivity index (χ3v) is 3.77. The Bertz CT molecular complexity index is 222. The highest BCUT2D eigenvalue weighted by atomic mass is 16.5. The average molecular weight is 227 g/mol. The Morgan fingerprint density at radius 2 is 1.94 bits per heavy atom. The molecule has 0 amide bonds. The molecule has 1 rings (SSSR count). The van der Waals surface area contributed by atoms with E-state index in [1.807, 2.05) is 13.8 Å². The number of esters is 1. The van der Waals surface area contributed by atoms with Gasteiger partial charge in [-0.25, -0.2) is 0 Å². The zero-order valence-corrected chi connectivity index (χ0v) is 10.7. The van der Waals surface area contributed by atoms with E-state index in [4.69, 9.17) is 10.5 Å². The first-order valence-electron chi connectivity index (χ1n) is 6.50. The Kier molecular flexibility index (Phi) is 5.26. The Balaban J connectivity index is 2.33. The molecule has 0 aliphatic heterocycles. The molecule has 0 spiro atoms. The summed E-state index contributed by atoms with van der Waals surface area (Å²) in [7, 11) is 0. The molecule has 3 nitrogen and oxygen atoms in total. The van der Waals surface area contributed by atoms with E-state index < -0.39 is 6.04 Å². The van der Waals surface area contributed by atoms with Gasteiger partial charge >= 0.3 is 5.97 Å². The van der Waals surface area contributed by atoms with Crippen LogP contribution in [0.15, 0.2) is 0 Å².